The molecule has 0 aliphatic carbocycles. The number of nitrogens with one attached hydrogen (secondary N) is 1. The predicted molar refractivity (Wildman–Crippen MR) is 56.7 cm³/mol. The summed E-state index contributed by atoms with van der Waals surface area (Å²) in [5, 5.41) is 16.4. The molecule has 0 amide bonds. The van der Waals surface area contributed by atoms with Crippen molar-refractivity contribution in [1.29, 1.82) is 5.16 Å². The Balaban J connectivity index is 0.00000112. The van der Waals surface area contributed by atoms with Gasteiger partial charge in [-0.15, -0.1) is 0 Å². The van der Waals surface area contributed by atoms with E-state index in [2.05, 4.69) is 11.6 Å². The summed E-state index contributed by atoms with van der Waals surface area (Å²) in [6, 6.07) is 7.38. The minimum absolute atomic E-state index is 0. The standard InChI is InChI=1S/C10H13N2OP.Re/c1-10(6-12(7-10)14-11)8-2-4-9(13)5-3-8;/h2-5,11,13H,6-7H2,1H3;. The maximum Gasteiger partial charge on any atom is 0.115 e. The van der Waals surface area contributed by atoms with Crippen LogP contribution in [0.2, 0.25) is 0 Å². The first-order chi connectivity index (χ1) is 6.64. The van der Waals surface area contributed by atoms with Gasteiger partial charge in [0.2, 0.25) is 0 Å². The van der Waals surface area contributed by atoms with Crippen LogP contribution in [0.1, 0.15) is 12.5 Å². The number of phenols is 1. The molecule has 1 aliphatic heterocycles. The van der Waals surface area contributed by atoms with Crippen molar-refractivity contribution in [3.05, 3.63) is 29.8 Å². The third-order valence-electron chi connectivity index (χ3n) is 2.77. The summed E-state index contributed by atoms with van der Waals surface area (Å²) in [6.07, 6.45) is 0. The van der Waals surface area contributed by atoms with Crippen molar-refractivity contribution in [2.75, 3.05) is 13.1 Å². The van der Waals surface area contributed by atoms with E-state index in [0.29, 0.717) is 14.3 Å². The van der Waals surface area contributed by atoms with Crippen LogP contribution in [0, 0.1) is 5.16 Å². The maximum atomic E-state index is 9.17. The van der Waals surface area contributed by atoms with Crippen molar-refractivity contribution in [1.82, 2.24) is 4.67 Å². The average Bonchev–Trinajstić information content (AvgIpc) is 2.14. The van der Waals surface area contributed by atoms with Crippen LogP contribution in [-0.4, -0.2) is 22.9 Å². The first-order valence-corrected chi connectivity index (χ1v) is 5.41. The molecule has 0 atom stereocenters. The quantitative estimate of drug-likeness (QED) is 0.758. The number of benzene rings is 1. The van der Waals surface area contributed by atoms with E-state index < -0.39 is 0 Å². The van der Waals surface area contributed by atoms with Gasteiger partial charge in [-0.05, 0) is 17.7 Å². The smallest absolute Gasteiger partial charge is 0.115 e. The number of hydrogen-bond acceptors (Lipinski definition) is 2. The number of hydrogen-bond donors (Lipinski definition) is 2. The van der Waals surface area contributed by atoms with Crippen LogP contribution >= 0.6 is 8.52 Å². The Kier molecular flexibility index (Phi) is 4.03. The second kappa shape index (κ2) is 4.72. The zero-order chi connectivity index (χ0) is 10.2. The van der Waals surface area contributed by atoms with Gasteiger partial charge in [0.15, 0.2) is 0 Å². The Morgan fingerprint density at radius 3 is 2.33 bits per heavy atom. The molecule has 1 heterocycles. The second-order valence-corrected chi connectivity index (χ2v) is 4.80. The van der Waals surface area contributed by atoms with E-state index in [1.54, 1.807) is 12.1 Å². The van der Waals surface area contributed by atoms with Crippen LogP contribution in [-0.2, 0) is 25.8 Å². The number of rotatable bonds is 2. The van der Waals surface area contributed by atoms with Crippen molar-refractivity contribution in [2.24, 2.45) is 0 Å². The van der Waals surface area contributed by atoms with Crippen LogP contribution in [0.25, 0.3) is 0 Å². The second-order valence-electron chi connectivity index (χ2n) is 4.03. The van der Waals surface area contributed by atoms with Gasteiger partial charge < -0.3 is 5.11 Å². The van der Waals surface area contributed by atoms with Crippen molar-refractivity contribution in [2.45, 2.75) is 12.3 Å². The molecule has 3 nitrogen and oxygen atoms in total. The minimum atomic E-state index is 0. The zero-order valence-electron chi connectivity index (χ0n) is 8.44. The topological polar surface area (TPSA) is 47.3 Å². The number of aromatic hydroxyl groups is 1. The van der Waals surface area contributed by atoms with E-state index in [1.807, 2.05) is 12.1 Å². The van der Waals surface area contributed by atoms with Gasteiger partial charge in [-0.1, -0.05) is 19.1 Å². The molecule has 0 spiro atoms. The van der Waals surface area contributed by atoms with Gasteiger partial charge in [-0.25, -0.2) is 4.67 Å². The fourth-order valence-corrected chi connectivity index (χ4v) is 2.64. The monoisotopic (exact) mass is 395 g/mol. The Labute approximate surface area is 105 Å². The molecule has 81 valence electrons. The summed E-state index contributed by atoms with van der Waals surface area (Å²) in [6.45, 7) is 4.06. The summed E-state index contributed by atoms with van der Waals surface area (Å²) in [4.78, 5) is 0. The fraction of sp³-hybridized carbons (Fsp3) is 0.400. The van der Waals surface area contributed by atoms with Crippen molar-refractivity contribution < 1.29 is 25.5 Å². The number of phenolic OH excluding ortho intramolecular Hbond substituents is 1. The van der Waals surface area contributed by atoms with E-state index in [4.69, 9.17) is 10.3 Å². The first kappa shape index (κ1) is 12.8. The van der Waals surface area contributed by atoms with Crippen LogP contribution in [0.5, 0.6) is 5.75 Å². The summed E-state index contributed by atoms with van der Waals surface area (Å²) >= 11 is 0. The van der Waals surface area contributed by atoms with Crippen molar-refractivity contribution in [3.63, 3.8) is 0 Å². The van der Waals surface area contributed by atoms with E-state index in [-0.39, 0.29) is 25.8 Å². The van der Waals surface area contributed by atoms with Gasteiger partial charge in [0, 0.05) is 38.9 Å². The van der Waals surface area contributed by atoms with Crippen LogP contribution < -0.4 is 0 Å². The van der Waals surface area contributed by atoms with Gasteiger partial charge in [-0.3, -0.25) is 5.16 Å². The van der Waals surface area contributed by atoms with E-state index in [9.17, 15) is 0 Å². The third-order valence-corrected chi connectivity index (χ3v) is 3.33. The molecule has 2 rings (SSSR count). The Morgan fingerprint density at radius 2 is 1.87 bits per heavy atom. The van der Waals surface area contributed by atoms with Gasteiger partial charge in [0.1, 0.15) is 5.75 Å². The van der Waals surface area contributed by atoms with Crippen LogP contribution in [0.4, 0.5) is 0 Å². The van der Waals surface area contributed by atoms with E-state index in [0.717, 1.165) is 13.1 Å². The van der Waals surface area contributed by atoms with E-state index in [1.165, 1.54) is 5.56 Å². The molecule has 1 radical (unpaired) electrons. The Morgan fingerprint density at radius 1 is 1.33 bits per heavy atom. The van der Waals surface area contributed by atoms with Gasteiger partial charge >= 0.3 is 0 Å². The minimum Gasteiger partial charge on any atom is -0.508 e. The molecule has 2 N–H and O–H groups in total. The zero-order valence-corrected chi connectivity index (χ0v) is 12.1. The van der Waals surface area contributed by atoms with Crippen LogP contribution in [0.15, 0.2) is 24.3 Å². The van der Waals surface area contributed by atoms with Gasteiger partial charge in [0.05, 0.1) is 8.52 Å². The normalized spacial score (nSPS) is 19.3. The van der Waals surface area contributed by atoms with Crippen LogP contribution in [0.3, 0.4) is 0 Å². The molecule has 1 saturated heterocycles. The molecule has 1 aliphatic rings. The fourth-order valence-electron chi connectivity index (χ4n) is 1.88. The molecule has 15 heavy (non-hydrogen) atoms. The third kappa shape index (κ3) is 2.46. The molecule has 0 bridgehead atoms. The summed E-state index contributed by atoms with van der Waals surface area (Å²) in [5.74, 6) is 0.312. The molecule has 1 aromatic carbocycles. The van der Waals surface area contributed by atoms with Gasteiger partial charge in [0.25, 0.3) is 0 Å². The molecule has 1 fully saturated rings. The van der Waals surface area contributed by atoms with Crippen molar-refractivity contribution in [3.8, 4) is 5.75 Å². The first-order valence-electron chi connectivity index (χ1n) is 4.56. The molecule has 5 heteroatoms. The van der Waals surface area contributed by atoms with E-state index >= 15 is 0 Å². The molecular formula is C10H13N2OPRe. The summed E-state index contributed by atoms with van der Waals surface area (Å²) in [7, 11) is 0.604. The van der Waals surface area contributed by atoms with Crippen molar-refractivity contribution >= 4 is 8.52 Å². The predicted octanol–water partition coefficient (Wildman–Crippen LogP) is 2.59. The Bertz CT molecular complexity index is 349. The molecule has 0 saturated carbocycles. The molecular weight excluding hydrogens is 381 g/mol. The van der Waals surface area contributed by atoms with Gasteiger partial charge in [-0.2, -0.15) is 0 Å². The number of nitrogens with zero attached hydrogens (tertiary/aromatic N) is 1. The molecule has 0 unspecified atom stereocenters. The summed E-state index contributed by atoms with van der Waals surface area (Å²) < 4.78 is 2.06. The Hall–Kier alpha value is -0.258. The molecule has 1 aromatic rings. The largest absolute Gasteiger partial charge is 0.508 e. The maximum absolute atomic E-state index is 9.17. The average molecular weight is 394 g/mol. The SMILES string of the molecule is CC1(c2ccc(O)cc2)CN(P=N)C1.[Re]. The summed E-state index contributed by atoms with van der Waals surface area (Å²) in [5.41, 5.74) is 1.41. The molecule has 0 aromatic heterocycles.